The number of likely N-dealkylation sites (tertiary alicyclic amines) is 3. The van der Waals surface area contributed by atoms with Gasteiger partial charge in [0.25, 0.3) is 0 Å². The number of ether oxygens (including phenoxy) is 2. The molecule has 81 heavy (non-hydrogen) atoms. The Kier molecular flexibility index (Phi) is 16.8. The lowest BCUT2D eigenvalue weighted by Crippen LogP contribution is -2.75. The van der Waals surface area contributed by atoms with Gasteiger partial charge in [-0.25, -0.2) is 4.79 Å². The van der Waals surface area contributed by atoms with Crippen LogP contribution in [0.3, 0.4) is 0 Å². The topological polar surface area (TPSA) is 267 Å². The van der Waals surface area contributed by atoms with E-state index in [4.69, 9.17) is 13.4 Å². The van der Waals surface area contributed by atoms with Crippen LogP contribution >= 0.6 is 0 Å². The normalized spacial score (nSPS) is 36.2. The van der Waals surface area contributed by atoms with Crippen LogP contribution in [-0.2, 0) is 54.6 Å². The Morgan fingerprint density at radius 3 is 1.56 bits per heavy atom. The first kappa shape index (κ1) is 60.5. The molecule has 6 bridgehead atoms. The van der Waals surface area contributed by atoms with Gasteiger partial charge in [0.1, 0.15) is 17.0 Å². The number of aliphatic hydroxyl groups excluding tert-OH is 2. The fraction of sp³-hybridized carbons (Fsp3) is 0.651. The van der Waals surface area contributed by atoms with E-state index in [1.165, 1.54) is 34.7 Å². The Morgan fingerprint density at radius 2 is 1.14 bits per heavy atom. The van der Waals surface area contributed by atoms with Gasteiger partial charge in [0.15, 0.2) is 0 Å². The summed E-state index contributed by atoms with van der Waals surface area (Å²) in [6.45, 7) is 13.6. The lowest BCUT2D eigenvalue weighted by Gasteiger charge is -2.65. The predicted molar refractivity (Wildman–Crippen MR) is 312 cm³/mol. The molecule has 3 saturated heterocycles. The van der Waals surface area contributed by atoms with Crippen LogP contribution in [0.2, 0.25) is 0 Å². The lowest BCUT2D eigenvalue weighted by molar-refractivity contribution is -0.198. The third-order valence-corrected chi connectivity index (χ3v) is 20.7. The number of phenolic OH excluding ortho intramolecular Hbond substituents is 1. The van der Waals surface area contributed by atoms with Crippen molar-refractivity contribution < 1.29 is 57.1 Å². The fourth-order valence-electron chi connectivity index (χ4n) is 16.9. The lowest BCUT2D eigenvalue weighted by atomic mass is 9.48. The summed E-state index contributed by atoms with van der Waals surface area (Å²) >= 11 is 0. The van der Waals surface area contributed by atoms with Crippen LogP contribution in [0.4, 0.5) is 4.79 Å². The molecule has 9 aliphatic rings. The molecule has 446 valence electrons. The number of primary amides is 1. The van der Waals surface area contributed by atoms with Crippen LogP contribution < -0.4 is 16.4 Å². The third kappa shape index (κ3) is 10.3. The number of likely N-dealkylation sites (N-methyl/N-ethyl adjacent to an activating group) is 5. The second-order valence-corrected chi connectivity index (χ2v) is 26.2. The van der Waals surface area contributed by atoms with Crippen molar-refractivity contribution in [3.8, 4) is 5.75 Å². The molecule has 1 unspecified atom stereocenters. The van der Waals surface area contributed by atoms with Crippen LogP contribution in [0.5, 0.6) is 5.75 Å². The summed E-state index contributed by atoms with van der Waals surface area (Å²) in [7, 11) is 9.97. The number of piperidine rings is 3. The van der Waals surface area contributed by atoms with Gasteiger partial charge in [0.2, 0.25) is 5.78 Å². The molecule has 0 spiro atoms. The summed E-state index contributed by atoms with van der Waals surface area (Å²) in [5.74, 6) is -0.284. The zero-order chi connectivity index (χ0) is 60.3. The molecular weight excluding hydrogens is 1030 g/mol. The van der Waals surface area contributed by atoms with E-state index in [9.17, 15) is 45.4 Å². The molecule has 9 N–H and O–H groups in total. The van der Waals surface area contributed by atoms with E-state index in [0.29, 0.717) is 25.7 Å². The molecule has 3 aromatic carbocycles. The molecule has 3 heterocycles. The molecule has 18 nitrogen and oxygen atoms in total. The minimum atomic E-state index is -0.887. The average molecular weight is 1130 g/mol. The third-order valence-electron chi connectivity index (χ3n) is 20.7. The summed E-state index contributed by atoms with van der Waals surface area (Å²) in [6, 6.07) is 18.6. The molecule has 1 amide bonds. The number of Topliss-reactive ketones (excluding diaryl/α,β-unsaturated/α-hetero) is 1. The number of hydrogen-bond donors (Lipinski definition) is 8. The molecule has 18 heteroatoms. The second-order valence-electron chi connectivity index (χ2n) is 26.2. The number of nitrogens with one attached hydrogen (secondary N) is 2. The number of phenols is 1. The van der Waals surface area contributed by atoms with E-state index in [0.717, 1.165) is 74.8 Å². The van der Waals surface area contributed by atoms with Crippen LogP contribution in [0.15, 0.2) is 54.6 Å². The molecule has 0 radical (unpaired) electrons. The molecular formula is C63H94N8O10. The Balaban J connectivity index is 0.000000165. The van der Waals surface area contributed by atoms with Crippen molar-refractivity contribution in [2.45, 2.75) is 207 Å². The van der Waals surface area contributed by atoms with Crippen LogP contribution in [0, 0.1) is 13.8 Å². The van der Waals surface area contributed by atoms with E-state index in [2.05, 4.69) is 92.3 Å². The number of fused-ring (bicyclic) bond motifs is 3. The standard InChI is InChI=1S/C20H23N3O3.C19H28N2O2.C18H26N2O3.C5H11NO2.CH4.H2/c1-12-4-5-14-9-18-20(26-13(2)24)10-16(22-21)17(25)11-19(20,15(14)8-12)6-7-23(18)3;1-12-4-5-13-9-17-19(23)10-15(20-2)16(22)11-18(19,14(13)8-12)6-7-21(17)3;1-19-14-9-18(23)16-7-11-3-4-12(21)8-13(11)17(18,10-15(14)22)5-6-20(16)2;1-5(2,3)8-4(6)7;;/h4-5,8,18H,6-7,9-11H2,1-3H3;4-5,8,15-17,20,22-23H,6-7,9-11H2,1-3H3;3-4,8,14-16,19,21-23H,5-7,9-10H2,1-2H3;1-3H3,(H2,6,7);1H4;1H/t18-,19-,20-;15-,16?,17+,18+,19+;14-,15+,16+,17+,18+;;;/m100.../s1/i;;;;;1+1D. The predicted octanol–water partition coefficient (Wildman–Crippen LogP) is 4.92. The number of aliphatic hydroxyl groups is 4. The number of hydrogen-bond acceptors (Lipinski definition) is 15. The Morgan fingerprint density at radius 1 is 0.716 bits per heavy atom. The number of carbonyl (C=O) groups is 3. The van der Waals surface area contributed by atoms with Crippen molar-refractivity contribution in [3.05, 3.63) is 105 Å². The van der Waals surface area contributed by atoms with Gasteiger partial charge in [0, 0.05) is 56.7 Å². The Bertz CT molecular complexity index is 2850. The van der Waals surface area contributed by atoms with E-state index in [1.807, 2.05) is 40.2 Å². The van der Waals surface area contributed by atoms with Gasteiger partial charge in [-0.2, -0.15) is 4.79 Å². The average Bonchev–Trinajstić information content (AvgIpc) is 0.778. The quantitative estimate of drug-likeness (QED) is 0.0983. The number of nitrogens with two attached hydrogens (primary N) is 1. The number of carbonyl (C=O) groups excluding carboxylic acids is 3. The van der Waals surface area contributed by atoms with E-state index < -0.39 is 51.5 Å². The minimum absolute atomic E-state index is 0. The molecule has 12 rings (SSSR count). The zero-order valence-electron chi connectivity index (χ0n) is 50.9. The van der Waals surface area contributed by atoms with Gasteiger partial charge in [-0.05, 0) is 199 Å². The van der Waals surface area contributed by atoms with Gasteiger partial charge in [-0.1, -0.05) is 61.0 Å². The van der Waals surface area contributed by atoms with Crippen molar-refractivity contribution in [3.63, 3.8) is 0 Å². The summed E-state index contributed by atoms with van der Waals surface area (Å²) < 4.78 is 20.6. The highest BCUT2D eigenvalue weighted by Crippen LogP contribution is 2.61. The highest BCUT2D eigenvalue weighted by atomic mass is 16.6. The molecule has 0 aromatic heterocycles. The Labute approximate surface area is 482 Å². The number of nitrogens with zero attached hydrogens (tertiary/aromatic N) is 5. The zero-order valence-corrected chi connectivity index (χ0v) is 48.9. The largest absolute Gasteiger partial charge is 0.508 e. The number of esters is 1. The highest BCUT2D eigenvalue weighted by Gasteiger charge is 2.71. The number of ketones is 1. The molecule has 6 aliphatic carbocycles. The number of amides is 1. The smallest absolute Gasteiger partial charge is 0.405 e. The van der Waals surface area contributed by atoms with Gasteiger partial charge < -0.3 is 66.7 Å². The monoisotopic (exact) mass is 1120 g/mol. The van der Waals surface area contributed by atoms with Crippen molar-refractivity contribution in [1.29, 1.82) is 0 Å². The molecule has 13 atom stereocenters. The van der Waals surface area contributed by atoms with Gasteiger partial charge in [0.05, 0.1) is 35.9 Å². The van der Waals surface area contributed by atoms with Crippen LogP contribution in [-0.4, -0.2) is 188 Å². The second kappa shape index (κ2) is 22.5. The van der Waals surface area contributed by atoms with Crippen molar-refractivity contribution in [2.75, 3.05) is 54.9 Å². The van der Waals surface area contributed by atoms with Crippen molar-refractivity contribution in [1.82, 2.24) is 25.3 Å². The van der Waals surface area contributed by atoms with E-state index in [-0.39, 0.29) is 79.1 Å². The van der Waals surface area contributed by atoms with Crippen LogP contribution in [0.1, 0.15) is 140 Å². The van der Waals surface area contributed by atoms with Gasteiger partial charge >= 0.3 is 17.8 Å². The number of benzene rings is 3. The molecule has 3 aliphatic heterocycles. The first-order chi connectivity index (χ1) is 38.6. The van der Waals surface area contributed by atoms with Gasteiger partial charge in [-0.15, -0.1) is 0 Å². The summed E-state index contributed by atoms with van der Waals surface area (Å²) in [6.07, 6.45) is 5.97. The van der Waals surface area contributed by atoms with Crippen molar-refractivity contribution in [2.24, 2.45) is 5.73 Å². The van der Waals surface area contributed by atoms with Crippen LogP contribution in [0.25, 0.3) is 5.53 Å². The van der Waals surface area contributed by atoms with Gasteiger partial charge in [-0.3, -0.25) is 14.5 Å². The summed E-state index contributed by atoms with van der Waals surface area (Å²) in [5, 5.41) is 61.4. The summed E-state index contributed by atoms with van der Waals surface area (Å²) in [4.78, 5) is 44.9. The maximum atomic E-state index is 12.7. The van der Waals surface area contributed by atoms with E-state index >= 15 is 0 Å². The number of aromatic hydroxyl groups is 1. The number of rotatable bonds is 3. The molecule has 6 fully saturated rings. The first-order valence-corrected chi connectivity index (χ1v) is 28.8. The fourth-order valence-corrected chi connectivity index (χ4v) is 16.9. The first-order valence-electron chi connectivity index (χ1n) is 29.8. The molecule has 3 saturated carbocycles. The number of aryl methyl sites for hydroxylation is 2. The minimum Gasteiger partial charge on any atom is -0.508 e. The Hall–Kier alpha value is -5.11. The maximum Gasteiger partial charge on any atom is 0.405 e. The van der Waals surface area contributed by atoms with Crippen molar-refractivity contribution >= 4 is 23.6 Å². The molecule has 3 aromatic rings. The van der Waals surface area contributed by atoms with E-state index in [1.54, 1.807) is 26.8 Å². The summed E-state index contributed by atoms with van der Waals surface area (Å²) in [5.41, 5.74) is 19.4. The SMILES string of the molecule is C.CC(=O)O[C@@]12CC(=[N+]=[N-])C(=O)C[C@@]13CCN(C)[C@@H]2Cc1ccc(C)cc13.CC(C)(C)OC(N)=O.CN[C@H]1C[C@@]2(O)[C@H]3Cc4ccc(C)cc4[C@@]2(CCN3C)CC1O.CN[C@H]1C[C@@]2(O)[C@H]3Cc4ccc(O)cc4[C@@]2(CCN3C)C[C@H]1O.[2H][2H]. The highest BCUT2D eigenvalue weighted by molar-refractivity contribution is 6.39. The maximum absolute atomic E-state index is 12.7.